The summed E-state index contributed by atoms with van der Waals surface area (Å²) < 4.78 is 15.0. The fourth-order valence-electron chi connectivity index (χ4n) is 2.01. The third kappa shape index (κ3) is 1.62. The van der Waals surface area contributed by atoms with Crippen LogP contribution in [-0.4, -0.2) is 9.38 Å². The van der Waals surface area contributed by atoms with Gasteiger partial charge in [-0.15, -0.1) is 0 Å². The summed E-state index contributed by atoms with van der Waals surface area (Å²) in [6, 6.07) is 10.2. The molecule has 0 unspecified atom stereocenters. The van der Waals surface area contributed by atoms with Crippen molar-refractivity contribution in [3.63, 3.8) is 0 Å². The van der Waals surface area contributed by atoms with Gasteiger partial charge in [-0.25, -0.2) is 9.37 Å². The Balaban J connectivity index is 2.27. The first kappa shape index (κ1) is 10.8. The lowest BCUT2D eigenvalue weighted by Gasteiger charge is -1.99. The first-order valence-corrected chi connectivity index (χ1v) is 5.65. The lowest BCUT2D eigenvalue weighted by atomic mass is 10.1. The molecule has 18 heavy (non-hydrogen) atoms. The molecule has 2 N–H and O–H groups in total. The summed E-state index contributed by atoms with van der Waals surface area (Å²) >= 11 is 0. The minimum absolute atomic E-state index is 0.292. The molecule has 0 spiro atoms. The second-order valence-electron chi connectivity index (χ2n) is 4.29. The van der Waals surface area contributed by atoms with Gasteiger partial charge in [0.1, 0.15) is 23.0 Å². The molecule has 0 aliphatic carbocycles. The van der Waals surface area contributed by atoms with Crippen molar-refractivity contribution in [2.24, 2.45) is 0 Å². The highest BCUT2D eigenvalue weighted by atomic mass is 19.1. The number of nitrogen functional groups attached to an aromatic ring is 1. The van der Waals surface area contributed by atoms with E-state index in [1.165, 1.54) is 12.1 Å². The van der Waals surface area contributed by atoms with Crippen LogP contribution in [0, 0.1) is 12.7 Å². The summed E-state index contributed by atoms with van der Waals surface area (Å²) in [5.74, 6) is 0.232. The van der Waals surface area contributed by atoms with Crippen molar-refractivity contribution in [2.45, 2.75) is 6.92 Å². The zero-order valence-electron chi connectivity index (χ0n) is 9.89. The topological polar surface area (TPSA) is 43.3 Å². The molecule has 90 valence electrons. The maximum atomic E-state index is 13.2. The maximum Gasteiger partial charge on any atom is 0.139 e. The molecule has 0 radical (unpaired) electrons. The van der Waals surface area contributed by atoms with Crippen molar-refractivity contribution < 1.29 is 4.39 Å². The van der Waals surface area contributed by atoms with Crippen LogP contribution in [0.3, 0.4) is 0 Å². The highest BCUT2D eigenvalue weighted by Gasteiger charge is 2.11. The molecule has 0 saturated heterocycles. The van der Waals surface area contributed by atoms with Crippen LogP contribution in [0.15, 0.2) is 42.6 Å². The monoisotopic (exact) mass is 241 g/mol. The van der Waals surface area contributed by atoms with Crippen LogP contribution in [0.5, 0.6) is 0 Å². The Morgan fingerprint density at radius 1 is 1.22 bits per heavy atom. The molecular weight excluding hydrogens is 229 g/mol. The fourth-order valence-corrected chi connectivity index (χ4v) is 2.01. The van der Waals surface area contributed by atoms with Gasteiger partial charge in [0.2, 0.25) is 0 Å². The van der Waals surface area contributed by atoms with Gasteiger partial charge in [0.15, 0.2) is 0 Å². The summed E-state index contributed by atoms with van der Waals surface area (Å²) in [5.41, 5.74) is 9.23. The maximum absolute atomic E-state index is 13.2. The van der Waals surface area contributed by atoms with Gasteiger partial charge in [0.05, 0.1) is 0 Å². The number of nitrogens with zero attached hydrogens (tertiary/aromatic N) is 2. The number of fused-ring (bicyclic) bond motifs is 1. The molecule has 1 aromatic carbocycles. The minimum Gasteiger partial charge on any atom is -0.383 e. The third-order valence-electron chi connectivity index (χ3n) is 2.92. The van der Waals surface area contributed by atoms with Gasteiger partial charge in [0.25, 0.3) is 0 Å². The summed E-state index contributed by atoms with van der Waals surface area (Å²) in [4.78, 5) is 4.46. The number of hydrogen-bond acceptors (Lipinski definition) is 2. The first-order valence-electron chi connectivity index (χ1n) is 5.65. The van der Waals surface area contributed by atoms with Crippen molar-refractivity contribution in [1.29, 1.82) is 0 Å². The second kappa shape index (κ2) is 3.84. The lowest BCUT2D eigenvalue weighted by molar-refractivity contribution is 0.628. The molecule has 0 saturated carbocycles. The molecule has 0 aliphatic heterocycles. The number of aromatic nitrogens is 2. The van der Waals surface area contributed by atoms with E-state index in [4.69, 9.17) is 5.73 Å². The van der Waals surface area contributed by atoms with Gasteiger partial charge in [-0.1, -0.05) is 12.1 Å². The number of anilines is 1. The number of benzene rings is 1. The van der Waals surface area contributed by atoms with Crippen LogP contribution < -0.4 is 5.73 Å². The molecule has 0 amide bonds. The highest BCUT2D eigenvalue weighted by Crippen LogP contribution is 2.26. The van der Waals surface area contributed by atoms with E-state index >= 15 is 0 Å². The smallest absolute Gasteiger partial charge is 0.139 e. The number of imidazole rings is 1. The summed E-state index contributed by atoms with van der Waals surface area (Å²) in [5, 5.41) is 0. The SMILES string of the molecule is Cc1ccn2c(N)c(-c3cccc(F)c3)nc2c1. The molecule has 4 heteroatoms. The predicted octanol–water partition coefficient (Wildman–Crippen LogP) is 3.03. The normalized spacial score (nSPS) is 11.0. The Hall–Kier alpha value is -2.36. The molecular formula is C14H12FN3. The summed E-state index contributed by atoms with van der Waals surface area (Å²) in [7, 11) is 0. The third-order valence-corrected chi connectivity index (χ3v) is 2.92. The number of halogens is 1. The zero-order valence-corrected chi connectivity index (χ0v) is 9.89. The van der Waals surface area contributed by atoms with Crippen LogP contribution >= 0.6 is 0 Å². The Morgan fingerprint density at radius 2 is 2.06 bits per heavy atom. The van der Waals surface area contributed by atoms with Gasteiger partial charge in [0, 0.05) is 11.8 Å². The van der Waals surface area contributed by atoms with Gasteiger partial charge in [-0.05, 0) is 36.8 Å². The molecule has 0 fully saturated rings. The van der Waals surface area contributed by atoms with Crippen LogP contribution in [0.2, 0.25) is 0 Å². The Bertz CT molecular complexity index is 731. The number of pyridine rings is 1. The van der Waals surface area contributed by atoms with E-state index in [2.05, 4.69) is 4.98 Å². The van der Waals surface area contributed by atoms with E-state index in [1.54, 1.807) is 16.5 Å². The van der Waals surface area contributed by atoms with Crippen molar-refractivity contribution in [3.05, 3.63) is 54.0 Å². The van der Waals surface area contributed by atoms with Gasteiger partial charge in [-0.2, -0.15) is 0 Å². The lowest BCUT2D eigenvalue weighted by Crippen LogP contribution is -1.94. The Kier molecular flexibility index (Phi) is 2.30. The molecule has 3 rings (SSSR count). The largest absolute Gasteiger partial charge is 0.383 e. The standard InChI is InChI=1S/C14H12FN3/c1-9-5-6-18-12(7-9)17-13(14(18)16)10-3-2-4-11(15)8-10/h2-8H,16H2,1H3. The van der Waals surface area contributed by atoms with Crippen LogP contribution in [0.25, 0.3) is 16.9 Å². The molecule has 3 aromatic rings. The predicted molar refractivity (Wildman–Crippen MR) is 69.7 cm³/mol. The zero-order chi connectivity index (χ0) is 12.7. The molecule has 0 bridgehead atoms. The van der Waals surface area contributed by atoms with Crippen molar-refractivity contribution >= 4 is 11.5 Å². The number of aryl methyl sites for hydroxylation is 1. The second-order valence-corrected chi connectivity index (χ2v) is 4.29. The first-order chi connectivity index (χ1) is 8.65. The minimum atomic E-state index is -0.292. The van der Waals surface area contributed by atoms with Gasteiger partial charge in [-0.3, -0.25) is 4.40 Å². The van der Waals surface area contributed by atoms with E-state index in [-0.39, 0.29) is 5.82 Å². The molecule has 3 nitrogen and oxygen atoms in total. The van der Waals surface area contributed by atoms with E-state index in [9.17, 15) is 4.39 Å². The number of hydrogen-bond donors (Lipinski definition) is 1. The van der Waals surface area contributed by atoms with E-state index in [1.807, 2.05) is 25.3 Å². The van der Waals surface area contributed by atoms with Crippen LogP contribution in [0.1, 0.15) is 5.56 Å². The van der Waals surface area contributed by atoms with E-state index in [0.29, 0.717) is 17.1 Å². The average molecular weight is 241 g/mol. The molecule has 2 aromatic heterocycles. The van der Waals surface area contributed by atoms with E-state index in [0.717, 1.165) is 11.2 Å². The van der Waals surface area contributed by atoms with Crippen molar-refractivity contribution in [2.75, 3.05) is 5.73 Å². The molecule has 0 aliphatic rings. The highest BCUT2D eigenvalue weighted by molar-refractivity contribution is 5.75. The molecule has 2 heterocycles. The van der Waals surface area contributed by atoms with Gasteiger partial charge < -0.3 is 5.73 Å². The fraction of sp³-hybridized carbons (Fsp3) is 0.0714. The molecule has 0 atom stereocenters. The summed E-state index contributed by atoms with van der Waals surface area (Å²) in [6.45, 7) is 1.99. The van der Waals surface area contributed by atoms with E-state index < -0.39 is 0 Å². The average Bonchev–Trinajstić information content (AvgIpc) is 2.66. The quantitative estimate of drug-likeness (QED) is 0.711. The van der Waals surface area contributed by atoms with Crippen LogP contribution in [0.4, 0.5) is 10.2 Å². The van der Waals surface area contributed by atoms with Crippen molar-refractivity contribution in [3.8, 4) is 11.3 Å². The number of rotatable bonds is 1. The van der Waals surface area contributed by atoms with Crippen molar-refractivity contribution in [1.82, 2.24) is 9.38 Å². The number of nitrogens with two attached hydrogens (primary N) is 1. The van der Waals surface area contributed by atoms with Gasteiger partial charge >= 0.3 is 0 Å². The Labute approximate surface area is 104 Å². The summed E-state index contributed by atoms with van der Waals surface area (Å²) in [6.07, 6.45) is 1.87. The Morgan fingerprint density at radius 3 is 2.83 bits per heavy atom. The van der Waals surface area contributed by atoms with Crippen LogP contribution in [-0.2, 0) is 0 Å².